The average molecular weight is 315 g/mol. The van der Waals surface area contributed by atoms with E-state index in [-0.39, 0.29) is 4.21 Å². The molecule has 0 aliphatic rings. The number of thiophene rings is 1. The summed E-state index contributed by atoms with van der Waals surface area (Å²) in [6.45, 7) is 1.87. The number of nitrogens with two attached hydrogens (primary N) is 1. The van der Waals surface area contributed by atoms with Gasteiger partial charge in [0.2, 0.25) is 10.0 Å². The van der Waals surface area contributed by atoms with Crippen LogP contribution in [0.1, 0.15) is 5.56 Å². The number of methoxy groups -OCH3 is 1. The van der Waals surface area contributed by atoms with Gasteiger partial charge in [-0.1, -0.05) is 11.8 Å². The van der Waals surface area contributed by atoms with Crippen LogP contribution in [-0.2, 0) is 10.0 Å². The maximum absolute atomic E-state index is 11.3. The molecule has 0 fully saturated rings. The molecule has 0 aliphatic carbocycles. The second kappa shape index (κ2) is 5.54. The summed E-state index contributed by atoms with van der Waals surface area (Å²) in [5, 5.41) is 5.13. The monoisotopic (exact) mass is 315 g/mol. The smallest absolute Gasteiger partial charge is 0.247 e. The van der Waals surface area contributed by atoms with Crippen molar-refractivity contribution in [3.8, 4) is 5.75 Å². The minimum absolute atomic E-state index is 0.195. The molecule has 2 rings (SSSR count). The van der Waals surface area contributed by atoms with E-state index in [1.165, 1.54) is 23.1 Å². The molecule has 0 radical (unpaired) electrons. The van der Waals surface area contributed by atoms with Crippen LogP contribution in [0, 0.1) is 6.92 Å². The van der Waals surface area contributed by atoms with Crippen LogP contribution < -0.4 is 9.88 Å². The molecule has 2 N–H and O–H groups in total. The summed E-state index contributed by atoms with van der Waals surface area (Å²) in [5.41, 5.74) is 0.912. The van der Waals surface area contributed by atoms with Crippen molar-refractivity contribution in [3.63, 3.8) is 0 Å². The Morgan fingerprint density at radius 1 is 1.26 bits per heavy atom. The lowest BCUT2D eigenvalue weighted by molar-refractivity contribution is 0.414. The molecule has 0 saturated carbocycles. The van der Waals surface area contributed by atoms with Gasteiger partial charge in [-0.2, -0.15) is 0 Å². The van der Waals surface area contributed by atoms with Crippen LogP contribution in [0.2, 0.25) is 0 Å². The summed E-state index contributed by atoms with van der Waals surface area (Å²) < 4.78 is 28.8. The van der Waals surface area contributed by atoms with Gasteiger partial charge in [0.05, 0.1) is 11.3 Å². The van der Waals surface area contributed by atoms with Crippen LogP contribution in [0.5, 0.6) is 5.75 Å². The number of sulfonamides is 1. The molecule has 0 amide bonds. The molecule has 0 aliphatic heterocycles. The van der Waals surface area contributed by atoms with E-state index in [1.807, 2.05) is 31.2 Å². The van der Waals surface area contributed by atoms with Gasteiger partial charge in [-0.15, -0.1) is 11.3 Å². The van der Waals surface area contributed by atoms with E-state index in [1.54, 1.807) is 13.2 Å². The summed E-state index contributed by atoms with van der Waals surface area (Å²) in [6, 6.07) is 9.20. The van der Waals surface area contributed by atoms with Gasteiger partial charge in [0.1, 0.15) is 9.96 Å². The van der Waals surface area contributed by atoms with Crippen molar-refractivity contribution in [2.45, 2.75) is 20.2 Å². The third-order valence-corrected chi connectivity index (χ3v) is 6.37. The molecule has 19 heavy (non-hydrogen) atoms. The number of hydrogen-bond acceptors (Lipinski definition) is 5. The highest BCUT2D eigenvalue weighted by atomic mass is 32.3. The predicted octanol–water partition coefficient (Wildman–Crippen LogP) is 2.86. The molecule has 1 heterocycles. The van der Waals surface area contributed by atoms with Crippen LogP contribution in [0.3, 0.4) is 0 Å². The van der Waals surface area contributed by atoms with Crippen LogP contribution in [0.25, 0.3) is 0 Å². The van der Waals surface area contributed by atoms with Crippen molar-refractivity contribution in [3.05, 3.63) is 35.9 Å². The molecular formula is C12H13NO3S3. The zero-order valence-corrected chi connectivity index (χ0v) is 12.9. The van der Waals surface area contributed by atoms with Crippen molar-refractivity contribution >= 4 is 33.1 Å². The lowest BCUT2D eigenvalue weighted by Crippen LogP contribution is -2.09. The topological polar surface area (TPSA) is 69.4 Å². The van der Waals surface area contributed by atoms with Gasteiger partial charge in [-0.25, -0.2) is 13.6 Å². The maximum Gasteiger partial charge on any atom is 0.247 e. The Labute approximate surface area is 120 Å². The van der Waals surface area contributed by atoms with Crippen molar-refractivity contribution in [1.82, 2.24) is 0 Å². The fraction of sp³-hybridized carbons (Fsp3) is 0.167. The summed E-state index contributed by atoms with van der Waals surface area (Å²) in [4.78, 5) is 1.02. The molecule has 4 nitrogen and oxygen atoms in total. The third-order valence-electron chi connectivity index (χ3n) is 2.40. The molecule has 0 atom stereocenters. The second-order valence-electron chi connectivity index (χ2n) is 3.86. The fourth-order valence-corrected chi connectivity index (χ4v) is 4.71. The number of primary sulfonamides is 1. The normalized spacial score (nSPS) is 11.5. The zero-order chi connectivity index (χ0) is 14.0. The van der Waals surface area contributed by atoms with E-state index >= 15 is 0 Å². The number of hydrogen-bond donors (Lipinski definition) is 1. The number of ether oxygens (including phenoxy) is 1. The van der Waals surface area contributed by atoms with Crippen LogP contribution in [0.4, 0.5) is 0 Å². The van der Waals surface area contributed by atoms with Gasteiger partial charge in [-0.3, -0.25) is 0 Å². The van der Waals surface area contributed by atoms with E-state index < -0.39 is 10.0 Å². The first-order valence-electron chi connectivity index (χ1n) is 5.35. The Balaban J connectivity index is 2.25. The quantitative estimate of drug-likeness (QED) is 0.942. The summed E-state index contributed by atoms with van der Waals surface area (Å²) >= 11 is 2.70. The molecule has 0 saturated heterocycles. The van der Waals surface area contributed by atoms with E-state index in [0.717, 1.165) is 20.4 Å². The van der Waals surface area contributed by atoms with E-state index in [9.17, 15) is 8.42 Å². The van der Waals surface area contributed by atoms with E-state index in [2.05, 4.69) is 0 Å². The summed E-state index contributed by atoms with van der Waals surface area (Å²) in [5.74, 6) is 0.789. The van der Waals surface area contributed by atoms with Gasteiger partial charge in [0.25, 0.3) is 0 Å². The average Bonchev–Trinajstić information content (AvgIpc) is 2.72. The Kier molecular flexibility index (Phi) is 4.19. The second-order valence-corrected chi connectivity index (χ2v) is 8.04. The highest BCUT2D eigenvalue weighted by Crippen LogP contribution is 2.38. The molecule has 0 bridgehead atoms. The predicted molar refractivity (Wildman–Crippen MR) is 77.5 cm³/mol. The van der Waals surface area contributed by atoms with Gasteiger partial charge in [0.15, 0.2) is 0 Å². The van der Waals surface area contributed by atoms with E-state index in [0.29, 0.717) is 0 Å². The largest absolute Gasteiger partial charge is 0.497 e. The van der Waals surface area contributed by atoms with Crippen LogP contribution >= 0.6 is 23.1 Å². The SMILES string of the molecule is COc1ccc(Sc2sc(S(N)(=O)=O)cc2C)cc1. The highest BCUT2D eigenvalue weighted by Gasteiger charge is 2.15. The Hall–Kier alpha value is -1.02. The Bertz CT molecular complexity index is 675. The van der Waals surface area contributed by atoms with Crippen LogP contribution in [0.15, 0.2) is 43.6 Å². The molecule has 0 spiro atoms. The minimum atomic E-state index is -3.62. The van der Waals surface area contributed by atoms with Crippen molar-refractivity contribution in [2.24, 2.45) is 5.14 Å². The first-order valence-corrected chi connectivity index (χ1v) is 8.53. The fourth-order valence-electron chi connectivity index (χ4n) is 1.43. The third kappa shape index (κ3) is 3.50. The number of benzene rings is 1. The highest BCUT2D eigenvalue weighted by molar-refractivity contribution is 8.01. The van der Waals surface area contributed by atoms with Crippen molar-refractivity contribution < 1.29 is 13.2 Å². The number of aryl methyl sites for hydroxylation is 1. The van der Waals surface area contributed by atoms with Gasteiger partial charge in [0, 0.05) is 4.90 Å². The van der Waals surface area contributed by atoms with Crippen molar-refractivity contribution in [1.29, 1.82) is 0 Å². The lowest BCUT2D eigenvalue weighted by Gasteiger charge is -2.02. The van der Waals surface area contributed by atoms with Gasteiger partial charge >= 0.3 is 0 Å². The first kappa shape index (κ1) is 14.4. The Morgan fingerprint density at radius 3 is 2.37 bits per heavy atom. The first-order chi connectivity index (χ1) is 8.90. The van der Waals surface area contributed by atoms with Crippen molar-refractivity contribution in [2.75, 3.05) is 7.11 Å². The molecule has 1 aromatic heterocycles. The molecular weight excluding hydrogens is 302 g/mol. The van der Waals surface area contributed by atoms with Gasteiger partial charge < -0.3 is 4.74 Å². The Morgan fingerprint density at radius 2 is 1.89 bits per heavy atom. The molecule has 2 aromatic rings. The van der Waals surface area contributed by atoms with E-state index in [4.69, 9.17) is 9.88 Å². The molecule has 0 unspecified atom stereocenters. The summed E-state index contributed by atoms with van der Waals surface area (Å²) in [6.07, 6.45) is 0. The lowest BCUT2D eigenvalue weighted by atomic mass is 10.3. The molecule has 102 valence electrons. The number of rotatable bonds is 4. The van der Waals surface area contributed by atoms with Crippen LogP contribution in [-0.4, -0.2) is 15.5 Å². The zero-order valence-electron chi connectivity index (χ0n) is 10.4. The maximum atomic E-state index is 11.3. The van der Waals surface area contributed by atoms with Gasteiger partial charge in [-0.05, 0) is 42.8 Å². The summed E-state index contributed by atoms with van der Waals surface area (Å²) in [7, 11) is -2.01. The minimum Gasteiger partial charge on any atom is -0.497 e. The molecule has 1 aromatic carbocycles. The standard InChI is InChI=1S/C12H13NO3S3/c1-8-7-11(19(13,14)15)18-12(8)17-10-5-3-9(16-2)4-6-10/h3-7H,1-2H3,(H2,13,14,15). The molecule has 7 heteroatoms.